The van der Waals surface area contributed by atoms with Gasteiger partial charge in [-0.05, 0) is 12.0 Å². The summed E-state index contributed by atoms with van der Waals surface area (Å²) < 4.78 is 0. The monoisotopic (exact) mass is 235 g/mol. The molecule has 1 atom stereocenters. The zero-order valence-electron chi connectivity index (χ0n) is 10.6. The van der Waals surface area contributed by atoms with Crippen LogP contribution in [0.15, 0.2) is 30.3 Å². The molecule has 0 aliphatic rings. The lowest BCUT2D eigenvalue weighted by atomic mass is 9.96. The summed E-state index contributed by atoms with van der Waals surface area (Å²) in [6.07, 6.45) is 0.553. The number of hydrogen-bond donors (Lipinski definition) is 1. The van der Waals surface area contributed by atoms with E-state index in [1.807, 2.05) is 44.2 Å². The van der Waals surface area contributed by atoms with Crippen molar-refractivity contribution in [3.05, 3.63) is 35.9 Å². The number of Topliss-reactive ketones (excluding diaryl/α,β-unsaturated/α-hetero) is 1. The summed E-state index contributed by atoms with van der Waals surface area (Å²) in [5.74, 6) is -0.167. The molecular weight excluding hydrogens is 214 g/mol. The minimum Gasteiger partial charge on any atom is -0.346 e. The molecule has 0 aliphatic heterocycles. The summed E-state index contributed by atoms with van der Waals surface area (Å²) >= 11 is 0. The first-order chi connectivity index (χ1) is 8.00. The van der Waals surface area contributed by atoms with Gasteiger partial charge in [-0.25, -0.2) is 0 Å². The van der Waals surface area contributed by atoms with Crippen LogP contribution in [0.5, 0.6) is 0 Å². The molecule has 0 saturated carbocycles. The molecule has 0 bridgehead atoms. The van der Waals surface area contributed by atoms with Gasteiger partial charge in [0.05, 0.1) is 6.04 Å². The lowest BCUT2D eigenvalue weighted by Crippen LogP contribution is -2.43. The predicted molar refractivity (Wildman–Crippen MR) is 69.7 cm³/mol. The molecule has 17 heavy (non-hydrogen) atoms. The fourth-order valence-electron chi connectivity index (χ4n) is 1.72. The second kappa shape index (κ2) is 6.18. The number of carbonyl (C=O) groups excluding carboxylic acids is 2. The molecule has 0 radical (unpaired) electrons. The third kappa shape index (κ3) is 4.39. The van der Waals surface area contributed by atoms with E-state index in [-0.39, 0.29) is 19.0 Å². The van der Waals surface area contributed by atoms with E-state index in [0.717, 1.165) is 5.56 Å². The average molecular weight is 235 g/mol. The molecular formula is C14H21NO2. The molecule has 94 valence electrons. The van der Waals surface area contributed by atoms with E-state index < -0.39 is 6.04 Å². The molecule has 0 saturated heterocycles. The topological polar surface area (TPSA) is 46.2 Å². The van der Waals surface area contributed by atoms with E-state index in [1.165, 1.54) is 6.92 Å². The number of carbonyl (C=O) groups is 2. The van der Waals surface area contributed by atoms with Gasteiger partial charge in [-0.1, -0.05) is 44.2 Å². The standard InChI is InChI=1S/C14H19NO2.H2/c1-10(2)14(17)13(15-11(3)16)9-12-7-5-4-6-8-12;/h4-8,10,13H,9H2,1-3H3,(H,15,16);1H. The molecule has 0 spiro atoms. The molecule has 1 rings (SSSR count). The van der Waals surface area contributed by atoms with Gasteiger partial charge in [0.15, 0.2) is 5.78 Å². The number of nitrogens with one attached hydrogen (secondary N) is 1. The van der Waals surface area contributed by atoms with Crippen molar-refractivity contribution in [2.24, 2.45) is 5.92 Å². The Hall–Kier alpha value is -1.64. The van der Waals surface area contributed by atoms with Gasteiger partial charge in [0.25, 0.3) is 0 Å². The van der Waals surface area contributed by atoms with Gasteiger partial charge >= 0.3 is 0 Å². The number of hydrogen-bond acceptors (Lipinski definition) is 2. The van der Waals surface area contributed by atoms with Crippen molar-refractivity contribution in [1.82, 2.24) is 5.32 Å². The maximum Gasteiger partial charge on any atom is 0.217 e. The molecule has 0 heterocycles. The zero-order valence-corrected chi connectivity index (χ0v) is 10.6. The highest BCUT2D eigenvalue weighted by Gasteiger charge is 2.22. The largest absolute Gasteiger partial charge is 0.346 e. The number of benzene rings is 1. The van der Waals surface area contributed by atoms with E-state index in [9.17, 15) is 9.59 Å². The molecule has 3 heteroatoms. The van der Waals surface area contributed by atoms with Gasteiger partial charge < -0.3 is 5.32 Å². The maximum absolute atomic E-state index is 12.0. The molecule has 1 aromatic rings. The molecule has 1 amide bonds. The summed E-state index contributed by atoms with van der Waals surface area (Å²) in [5.41, 5.74) is 1.06. The van der Waals surface area contributed by atoms with Gasteiger partial charge in [0.1, 0.15) is 0 Å². The maximum atomic E-state index is 12.0. The molecule has 0 fully saturated rings. The van der Waals surface area contributed by atoms with Crippen molar-refractivity contribution in [3.63, 3.8) is 0 Å². The summed E-state index contributed by atoms with van der Waals surface area (Å²) in [5, 5.41) is 2.72. The van der Waals surface area contributed by atoms with Gasteiger partial charge in [-0.15, -0.1) is 0 Å². The van der Waals surface area contributed by atoms with Crippen molar-refractivity contribution < 1.29 is 11.0 Å². The molecule has 3 nitrogen and oxygen atoms in total. The highest BCUT2D eigenvalue weighted by molar-refractivity contribution is 5.89. The second-order valence-electron chi connectivity index (χ2n) is 4.50. The van der Waals surface area contributed by atoms with Crippen molar-refractivity contribution in [1.29, 1.82) is 0 Å². The van der Waals surface area contributed by atoms with E-state index in [2.05, 4.69) is 5.32 Å². The van der Waals surface area contributed by atoms with Crippen molar-refractivity contribution in [2.45, 2.75) is 33.2 Å². The van der Waals surface area contributed by atoms with Crippen LogP contribution in [0.3, 0.4) is 0 Å². The van der Waals surface area contributed by atoms with Crippen LogP contribution < -0.4 is 5.32 Å². The smallest absolute Gasteiger partial charge is 0.217 e. The zero-order chi connectivity index (χ0) is 12.8. The Morgan fingerprint density at radius 1 is 1.24 bits per heavy atom. The minimum absolute atomic E-state index is 0. The van der Waals surface area contributed by atoms with Gasteiger partial charge in [0.2, 0.25) is 5.91 Å². The van der Waals surface area contributed by atoms with E-state index in [4.69, 9.17) is 0 Å². The third-order valence-corrected chi connectivity index (χ3v) is 2.57. The predicted octanol–water partition coefficient (Wildman–Crippen LogP) is 2.20. The lowest BCUT2D eigenvalue weighted by molar-refractivity contribution is -0.128. The quantitative estimate of drug-likeness (QED) is 0.850. The van der Waals surface area contributed by atoms with Crippen LogP contribution >= 0.6 is 0 Å². The van der Waals surface area contributed by atoms with Crippen molar-refractivity contribution >= 4 is 11.7 Å². The van der Waals surface area contributed by atoms with Crippen LogP contribution in [0.4, 0.5) is 0 Å². The molecule has 0 aliphatic carbocycles. The summed E-state index contributed by atoms with van der Waals surface area (Å²) in [6.45, 7) is 5.13. The first kappa shape index (κ1) is 13.4. The van der Waals surface area contributed by atoms with Crippen molar-refractivity contribution in [2.75, 3.05) is 0 Å². The number of amides is 1. The Morgan fingerprint density at radius 3 is 2.29 bits per heavy atom. The van der Waals surface area contributed by atoms with Gasteiger partial charge in [-0.2, -0.15) is 0 Å². The first-order valence-electron chi connectivity index (χ1n) is 5.85. The highest BCUT2D eigenvalue weighted by atomic mass is 16.2. The Balaban J connectivity index is 0.00000289. The van der Waals surface area contributed by atoms with Crippen LogP contribution in [-0.4, -0.2) is 17.7 Å². The normalized spacial score (nSPS) is 12.2. The van der Waals surface area contributed by atoms with E-state index in [1.54, 1.807) is 0 Å². The SMILES string of the molecule is CC(=O)NC(Cc1ccccc1)C(=O)C(C)C.[HH]. The summed E-state index contributed by atoms with van der Waals surface area (Å²) in [4.78, 5) is 23.1. The fraction of sp³-hybridized carbons (Fsp3) is 0.429. The van der Waals surface area contributed by atoms with Crippen LogP contribution in [-0.2, 0) is 16.0 Å². The van der Waals surface area contributed by atoms with Crippen LogP contribution in [0.1, 0.15) is 27.8 Å². The van der Waals surface area contributed by atoms with Gasteiger partial charge in [0, 0.05) is 14.3 Å². The molecule has 0 aromatic heterocycles. The molecule has 1 N–H and O–H groups in total. The van der Waals surface area contributed by atoms with E-state index >= 15 is 0 Å². The third-order valence-electron chi connectivity index (χ3n) is 2.57. The lowest BCUT2D eigenvalue weighted by Gasteiger charge is -2.18. The van der Waals surface area contributed by atoms with Crippen LogP contribution in [0, 0.1) is 5.92 Å². The van der Waals surface area contributed by atoms with Crippen LogP contribution in [0.25, 0.3) is 0 Å². The number of ketones is 1. The number of rotatable bonds is 5. The van der Waals surface area contributed by atoms with Crippen LogP contribution in [0.2, 0.25) is 0 Å². The molecule has 1 aromatic carbocycles. The Kier molecular flexibility index (Phi) is 4.88. The minimum atomic E-state index is -0.421. The molecule has 1 unspecified atom stereocenters. The summed E-state index contributed by atoms with van der Waals surface area (Å²) in [7, 11) is 0. The van der Waals surface area contributed by atoms with E-state index in [0.29, 0.717) is 6.42 Å². The Morgan fingerprint density at radius 2 is 1.82 bits per heavy atom. The first-order valence-corrected chi connectivity index (χ1v) is 5.85. The Bertz CT molecular complexity index is 390. The fourth-order valence-corrected chi connectivity index (χ4v) is 1.72. The van der Waals surface area contributed by atoms with Crippen molar-refractivity contribution in [3.8, 4) is 0 Å². The average Bonchev–Trinajstić information content (AvgIpc) is 2.28. The highest BCUT2D eigenvalue weighted by Crippen LogP contribution is 2.08. The summed E-state index contributed by atoms with van der Waals surface area (Å²) in [6, 6.07) is 9.29. The van der Waals surface area contributed by atoms with Gasteiger partial charge in [-0.3, -0.25) is 9.59 Å². The Labute approximate surface area is 104 Å². The second-order valence-corrected chi connectivity index (χ2v) is 4.50.